The molecule has 1 atom stereocenters. The number of hydrogen-bond acceptors (Lipinski definition) is 6. The number of carbonyl (C=O) groups is 2. The van der Waals surface area contributed by atoms with Gasteiger partial charge in [-0.3, -0.25) is 9.69 Å². The number of nitrogens with zero attached hydrogens (tertiary/aromatic N) is 4. The summed E-state index contributed by atoms with van der Waals surface area (Å²) in [5.74, 6) is -1.84. The molecule has 27 heavy (non-hydrogen) atoms. The van der Waals surface area contributed by atoms with Gasteiger partial charge in [0.2, 0.25) is 11.9 Å². The lowest BCUT2D eigenvalue weighted by Crippen LogP contribution is -2.64. The molecule has 8 nitrogen and oxygen atoms in total. The largest absolute Gasteiger partial charge is 0.490 e. The Morgan fingerprint density at radius 2 is 1.96 bits per heavy atom. The Kier molecular flexibility index (Phi) is 6.24. The summed E-state index contributed by atoms with van der Waals surface area (Å²) in [4.78, 5) is 33.8. The summed E-state index contributed by atoms with van der Waals surface area (Å²) in [6, 6.07) is 0. The smallest absolute Gasteiger partial charge is 0.475 e. The van der Waals surface area contributed by atoms with Crippen molar-refractivity contribution in [2.45, 2.75) is 32.0 Å². The molecule has 0 aromatic carbocycles. The van der Waals surface area contributed by atoms with E-state index in [1.54, 1.807) is 0 Å². The molecule has 1 unspecified atom stereocenters. The van der Waals surface area contributed by atoms with Crippen molar-refractivity contribution in [3.05, 3.63) is 18.0 Å². The van der Waals surface area contributed by atoms with Crippen LogP contribution >= 0.6 is 0 Å². The van der Waals surface area contributed by atoms with Gasteiger partial charge in [0, 0.05) is 32.0 Å². The molecule has 0 radical (unpaired) electrons. The van der Waals surface area contributed by atoms with E-state index in [9.17, 15) is 18.0 Å². The number of carbonyl (C=O) groups excluding carboxylic acids is 1. The number of nitrogens with one attached hydrogen (secondary N) is 1. The van der Waals surface area contributed by atoms with Gasteiger partial charge < -0.3 is 15.3 Å². The molecule has 1 spiro atoms. The van der Waals surface area contributed by atoms with Gasteiger partial charge in [-0.15, -0.1) is 0 Å². The Balaban J connectivity index is 0.000000321. The van der Waals surface area contributed by atoms with E-state index in [1.807, 2.05) is 19.3 Å². The summed E-state index contributed by atoms with van der Waals surface area (Å²) in [7, 11) is 0. The summed E-state index contributed by atoms with van der Waals surface area (Å²) in [5.41, 5.74) is 1.11. The number of anilines is 1. The maximum Gasteiger partial charge on any atom is 0.490 e. The van der Waals surface area contributed by atoms with Crippen molar-refractivity contribution in [2.24, 2.45) is 0 Å². The van der Waals surface area contributed by atoms with Crippen LogP contribution in [0.25, 0.3) is 0 Å². The van der Waals surface area contributed by atoms with E-state index in [1.165, 1.54) is 0 Å². The minimum Gasteiger partial charge on any atom is -0.475 e. The van der Waals surface area contributed by atoms with E-state index in [0.717, 1.165) is 44.1 Å². The first kappa shape index (κ1) is 20.9. The standard InChI is InChI=1S/C14H21N5O.C2HF3O2/c1-3-19-8-12(20)17-9-14(19)4-5-18(10-14)13-15-6-11(2)7-16-13;3-2(4,5)1(6)7/h6-7H,3-5,8-10H2,1-2H3,(H,17,20);(H,6,7). The molecule has 2 aliphatic rings. The monoisotopic (exact) mass is 389 g/mol. The predicted octanol–water partition coefficient (Wildman–Crippen LogP) is 0.819. The van der Waals surface area contributed by atoms with Gasteiger partial charge in [0.1, 0.15) is 0 Å². The van der Waals surface area contributed by atoms with Crippen LogP contribution < -0.4 is 10.2 Å². The Morgan fingerprint density at radius 1 is 1.37 bits per heavy atom. The third-order valence-electron chi connectivity index (χ3n) is 4.63. The van der Waals surface area contributed by atoms with Gasteiger partial charge in [0.15, 0.2) is 0 Å². The molecule has 0 aliphatic carbocycles. The molecule has 2 N–H and O–H groups in total. The van der Waals surface area contributed by atoms with Crippen LogP contribution in [0.2, 0.25) is 0 Å². The van der Waals surface area contributed by atoms with Gasteiger partial charge in [-0.05, 0) is 25.5 Å². The summed E-state index contributed by atoms with van der Waals surface area (Å²) in [5, 5.41) is 10.1. The minimum absolute atomic E-state index is 0.0386. The Hall–Kier alpha value is -2.43. The molecule has 2 aliphatic heterocycles. The van der Waals surface area contributed by atoms with Gasteiger partial charge in [0.25, 0.3) is 0 Å². The van der Waals surface area contributed by atoms with Crippen molar-refractivity contribution in [2.75, 3.05) is 37.6 Å². The van der Waals surface area contributed by atoms with Crippen LogP contribution in [0, 0.1) is 6.92 Å². The number of alkyl halides is 3. The number of carboxylic acid groups (broad SMARTS) is 1. The Bertz CT molecular complexity index is 683. The molecular formula is C16H22F3N5O3. The molecular weight excluding hydrogens is 367 g/mol. The lowest BCUT2D eigenvalue weighted by molar-refractivity contribution is -0.192. The number of likely N-dealkylation sites (N-methyl/N-ethyl adjacent to an activating group) is 1. The number of aryl methyl sites for hydroxylation is 1. The number of piperazine rings is 1. The van der Waals surface area contributed by atoms with E-state index in [-0.39, 0.29) is 11.4 Å². The lowest BCUT2D eigenvalue weighted by atomic mass is 9.93. The Labute approximate surface area is 154 Å². The number of halogens is 3. The first-order valence-electron chi connectivity index (χ1n) is 8.43. The maximum absolute atomic E-state index is 11.6. The molecule has 2 saturated heterocycles. The van der Waals surface area contributed by atoms with Crippen molar-refractivity contribution >= 4 is 17.8 Å². The lowest BCUT2D eigenvalue weighted by Gasteiger charge is -2.43. The molecule has 2 fully saturated rings. The van der Waals surface area contributed by atoms with Crippen molar-refractivity contribution in [3.8, 4) is 0 Å². The van der Waals surface area contributed by atoms with E-state index in [4.69, 9.17) is 9.90 Å². The highest BCUT2D eigenvalue weighted by molar-refractivity contribution is 5.79. The van der Waals surface area contributed by atoms with Crippen LogP contribution in [-0.2, 0) is 9.59 Å². The van der Waals surface area contributed by atoms with Crippen LogP contribution in [0.3, 0.4) is 0 Å². The third-order valence-corrected chi connectivity index (χ3v) is 4.63. The normalized spacial score (nSPS) is 23.0. The second kappa shape index (κ2) is 8.07. The van der Waals surface area contributed by atoms with E-state index in [0.29, 0.717) is 6.54 Å². The molecule has 11 heteroatoms. The highest BCUT2D eigenvalue weighted by Gasteiger charge is 2.46. The van der Waals surface area contributed by atoms with E-state index < -0.39 is 12.1 Å². The zero-order valence-electron chi connectivity index (χ0n) is 15.1. The fraction of sp³-hybridized carbons (Fsp3) is 0.625. The number of amides is 1. The molecule has 3 rings (SSSR count). The average Bonchev–Trinajstić information content (AvgIpc) is 3.02. The minimum atomic E-state index is -5.08. The van der Waals surface area contributed by atoms with Crippen LogP contribution in [0.5, 0.6) is 0 Å². The zero-order valence-corrected chi connectivity index (χ0v) is 15.1. The first-order chi connectivity index (χ1) is 12.6. The van der Waals surface area contributed by atoms with Gasteiger partial charge in [-0.25, -0.2) is 14.8 Å². The van der Waals surface area contributed by atoms with Gasteiger partial charge in [-0.1, -0.05) is 6.92 Å². The van der Waals surface area contributed by atoms with Crippen molar-refractivity contribution < 1.29 is 27.9 Å². The molecule has 150 valence electrons. The molecule has 1 amide bonds. The highest BCUT2D eigenvalue weighted by atomic mass is 19.4. The topological polar surface area (TPSA) is 98.7 Å². The molecule has 1 aromatic rings. The van der Waals surface area contributed by atoms with Crippen LogP contribution in [-0.4, -0.2) is 76.3 Å². The summed E-state index contributed by atoms with van der Waals surface area (Å²) in [6.07, 6.45) is -0.334. The Morgan fingerprint density at radius 3 is 2.48 bits per heavy atom. The second-order valence-electron chi connectivity index (χ2n) is 6.55. The fourth-order valence-electron chi connectivity index (χ4n) is 3.20. The quantitative estimate of drug-likeness (QED) is 0.773. The number of aromatic nitrogens is 2. The number of rotatable bonds is 2. The molecule has 0 bridgehead atoms. The number of carboxylic acids is 1. The van der Waals surface area contributed by atoms with Crippen molar-refractivity contribution in [1.82, 2.24) is 20.2 Å². The van der Waals surface area contributed by atoms with Crippen LogP contribution in [0.15, 0.2) is 12.4 Å². The van der Waals surface area contributed by atoms with E-state index in [2.05, 4.69) is 32.0 Å². The highest BCUT2D eigenvalue weighted by Crippen LogP contribution is 2.31. The second-order valence-corrected chi connectivity index (χ2v) is 6.55. The summed E-state index contributed by atoms with van der Waals surface area (Å²) >= 11 is 0. The maximum atomic E-state index is 11.6. The third kappa shape index (κ3) is 5.06. The molecule has 3 heterocycles. The van der Waals surface area contributed by atoms with Gasteiger partial charge in [0.05, 0.1) is 12.1 Å². The number of hydrogen-bond donors (Lipinski definition) is 2. The number of aliphatic carboxylic acids is 1. The average molecular weight is 389 g/mol. The fourth-order valence-corrected chi connectivity index (χ4v) is 3.20. The van der Waals surface area contributed by atoms with Crippen molar-refractivity contribution in [3.63, 3.8) is 0 Å². The molecule has 1 aromatic heterocycles. The summed E-state index contributed by atoms with van der Waals surface area (Å²) in [6.45, 7) is 8.05. The van der Waals surface area contributed by atoms with Crippen molar-refractivity contribution in [1.29, 1.82) is 0 Å². The first-order valence-corrected chi connectivity index (χ1v) is 8.43. The SMILES string of the molecule is CCN1CC(=O)NCC12CCN(c1ncc(C)cn1)C2.O=C(O)C(F)(F)F. The van der Waals surface area contributed by atoms with Gasteiger partial charge >= 0.3 is 12.1 Å². The van der Waals surface area contributed by atoms with Gasteiger partial charge in [-0.2, -0.15) is 13.2 Å². The van der Waals surface area contributed by atoms with Crippen LogP contribution in [0.4, 0.5) is 19.1 Å². The van der Waals surface area contributed by atoms with Crippen LogP contribution in [0.1, 0.15) is 18.9 Å². The van der Waals surface area contributed by atoms with E-state index >= 15 is 0 Å². The summed E-state index contributed by atoms with van der Waals surface area (Å²) < 4.78 is 31.7. The molecule has 0 saturated carbocycles. The zero-order chi connectivity index (χ0) is 20.2. The predicted molar refractivity (Wildman–Crippen MR) is 90.3 cm³/mol.